The Morgan fingerprint density at radius 3 is 2.33 bits per heavy atom. The van der Waals surface area contributed by atoms with Gasteiger partial charge in [-0.25, -0.2) is 0 Å². The SMILES string of the molecule is CCC(CC)(NC(=O)/C=C/c1ccc(OCC#N)cc1)c1ccc(Cl)cc1. The third kappa shape index (κ3) is 5.60. The molecular formula is C22H23ClN2O2. The van der Waals surface area contributed by atoms with E-state index < -0.39 is 5.54 Å². The number of ether oxygens (including phenoxy) is 1. The molecule has 1 amide bonds. The molecular weight excluding hydrogens is 360 g/mol. The number of nitrogens with one attached hydrogen (secondary N) is 1. The molecule has 0 spiro atoms. The topological polar surface area (TPSA) is 62.1 Å². The summed E-state index contributed by atoms with van der Waals surface area (Å²) in [5.74, 6) is 0.468. The Morgan fingerprint density at radius 1 is 1.15 bits per heavy atom. The maximum atomic E-state index is 12.5. The summed E-state index contributed by atoms with van der Waals surface area (Å²) in [4.78, 5) is 12.5. The predicted molar refractivity (Wildman–Crippen MR) is 108 cm³/mol. The van der Waals surface area contributed by atoms with Crippen molar-refractivity contribution in [3.63, 3.8) is 0 Å². The van der Waals surface area contributed by atoms with E-state index >= 15 is 0 Å². The van der Waals surface area contributed by atoms with Crippen LogP contribution in [0, 0.1) is 11.3 Å². The van der Waals surface area contributed by atoms with E-state index in [4.69, 9.17) is 21.6 Å². The first-order valence-corrected chi connectivity index (χ1v) is 9.27. The fraction of sp³-hybridized carbons (Fsp3) is 0.273. The maximum absolute atomic E-state index is 12.5. The highest BCUT2D eigenvalue weighted by atomic mass is 35.5. The summed E-state index contributed by atoms with van der Waals surface area (Å²) in [6.45, 7) is 4.13. The van der Waals surface area contributed by atoms with Crippen LogP contribution in [0.3, 0.4) is 0 Å². The van der Waals surface area contributed by atoms with Gasteiger partial charge < -0.3 is 10.1 Å². The monoisotopic (exact) mass is 382 g/mol. The smallest absolute Gasteiger partial charge is 0.244 e. The van der Waals surface area contributed by atoms with Gasteiger partial charge in [-0.2, -0.15) is 5.26 Å². The molecule has 1 N–H and O–H groups in total. The molecule has 0 unspecified atom stereocenters. The zero-order valence-electron chi connectivity index (χ0n) is 15.5. The second kappa shape index (κ2) is 9.80. The molecule has 4 nitrogen and oxygen atoms in total. The molecule has 0 aliphatic carbocycles. The summed E-state index contributed by atoms with van der Waals surface area (Å²) in [6, 6.07) is 16.7. The minimum Gasteiger partial charge on any atom is -0.479 e. The van der Waals surface area contributed by atoms with Crippen molar-refractivity contribution in [2.24, 2.45) is 0 Å². The standard InChI is InChI=1S/C22H23ClN2O2/c1-3-22(4-2,18-8-10-19(23)11-9-18)25-21(26)14-7-17-5-12-20(13-6-17)27-16-15-24/h5-14H,3-4,16H2,1-2H3,(H,25,26)/b14-7+. The first-order valence-electron chi connectivity index (χ1n) is 8.89. The van der Waals surface area contributed by atoms with Gasteiger partial charge in [0.2, 0.25) is 5.91 Å². The molecule has 0 saturated carbocycles. The van der Waals surface area contributed by atoms with Gasteiger partial charge in [0.05, 0.1) is 5.54 Å². The molecule has 0 aromatic heterocycles. The van der Waals surface area contributed by atoms with Gasteiger partial charge in [0.25, 0.3) is 0 Å². The highest BCUT2D eigenvalue weighted by molar-refractivity contribution is 6.30. The van der Waals surface area contributed by atoms with Crippen LogP contribution in [0.4, 0.5) is 0 Å². The van der Waals surface area contributed by atoms with E-state index in [-0.39, 0.29) is 12.5 Å². The second-order valence-electron chi connectivity index (χ2n) is 6.13. The summed E-state index contributed by atoms with van der Waals surface area (Å²) >= 11 is 5.99. The number of halogens is 1. The van der Waals surface area contributed by atoms with E-state index in [9.17, 15) is 4.79 Å². The Labute approximate surface area is 165 Å². The van der Waals surface area contributed by atoms with E-state index in [0.717, 1.165) is 24.0 Å². The van der Waals surface area contributed by atoms with Crippen LogP contribution in [-0.4, -0.2) is 12.5 Å². The number of hydrogen-bond acceptors (Lipinski definition) is 3. The summed E-state index contributed by atoms with van der Waals surface area (Å²) in [5, 5.41) is 12.3. The van der Waals surface area contributed by atoms with Crippen LogP contribution in [0.25, 0.3) is 6.08 Å². The molecule has 2 rings (SSSR count). The van der Waals surface area contributed by atoms with E-state index in [1.165, 1.54) is 6.08 Å². The summed E-state index contributed by atoms with van der Waals surface area (Å²) in [5.41, 5.74) is 1.48. The Morgan fingerprint density at radius 2 is 1.78 bits per heavy atom. The van der Waals surface area contributed by atoms with Gasteiger partial charge >= 0.3 is 0 Å². The van der Waals surface area contributed by atoms with E-state index in [2.05, 4.69) is 19.2 Å². The number of nitriles is 1. The first kappa shape index (κ1) is 20.5. The highest BCUT2D eigenvalue weighted by Crippen LogP contribution is 2.29. The lowest BCUT2D eigenvalue weighted by Gasteiger charge is -2.33. The molecule has 0 aliphatic heterocycles. The lowest BCUT2D eigenvalue weighted by molar-refractivity contribution is -0.118. The minimum atomic E-state index is -0.430. The number of amides is 1. The van der Waals surface area contributed by atoms with Crippen molar-refractivity contribution in [1.29, 1.82) is 5.26 Å². The van der Waals surface area contributed by atoms with Crippen molar-refractivity contribution < 1.29 is 9.53 Å². The second-order valence-corrected chi connectivity index (χ2v) is 6.57. The van der Waals surface area contributed by atoms with Gasteiger partial charge in [-0.1, -0.05) is 49.7 Å². The average molecular weight is 383 g/mol. The number of carbonyl (C=O) groups is 1. The summed E-state index contributed by atoms with van der Waals surface area (Å²) in [6.07, 6.45) is 4.83. The fourth-order valence-electron chi connectivity index (χ4n) is 2.92. The number of benzene rings is 2. The zero-order chi connectivity index (χ0) is 19.7. The largest absolute Gasteiger partial charge is 0.479 e. The molecule has 140 valence electrons. The normalized spacial score (nSPS) is 11.2. The molecule has 0 saturated heterocycles. The third-order valence-corrected chi connectivity index (χ3v) is 4.83. The van der Waals surface area contributed by atoms with Gasteiger partial charge in [-0.3, -0.25) is 4.79 Å². The molecule has 0 bridgehead atoms. The Kier molecular flexibility index (Phi) is 7.45. The Bertz CT molecular complexity index is 817. The van der Waals surface area contributed by atoms with Crippen LogP contribution in [0.5, 0.6) is 5.75 Å². The molecule has 0 heterocycles. The average Bonchev–Trinajstić information content (AvgIpc) is 2.70. The summed E-state index contributed by atoms with van der Waals surface area (Å²) < 4.78 is 5.21. The molecule has 5 heteroatoms. The van der Waals surface area contributed by atoms with Crippen molar-refractivity contribution in [3.05, 3.63) is 70.8 Å². The van der Waals surface area contributed by atoms with Crippen molar-refractivity contribution in [2.75, 3.05) is 6.61 Å². The molecule has 2 aromatic carbocycles. The van der Waals surface area contributed by atoms with Crippen LogP contribution >= 0.6 is 11.6 Å². The minimum absolute atomic E-state index is 0.0123. The third-order valence-electron chi connectivity index (χ3n) is 4.58. The number of hydrogen-bond donors (Lipinski definition) is 1. The molecule has 2 aromatic rings. The van der Waals surface area contributed by atoms with Crippen molar-refractivity contribution in [3.8, 4) is 11.8 Å². The lowest BCUT2D eigenvalue weighted by Crippen LogP contribution is -2.44. The number of rotatable bonds is 8. The van der Waals surface area contributed by atoms with Crippen LogP contribution in [-0.2, 0) is 10.3 Å². The van der Waals surface area contributed by atoms with E-state index in [1.54, 1.807) is 18.2 Å². The summed E-state index contributed by atoms with van der Waals surface area (Å²) in [7, 11) is 0. The van der Waals surface area contributed by atoms with E-state index in [0.29, 0.717) is 10.8 Å². The maximum Gasteiger partial charge on any atom is 0.244 e. The highest BCUT2D eigenvalue weighted by Gasteiger charge is 2.29. The van der Waals surface area contributed by atoms with E-state index in [1.807, 2.05) is 42.5 Å². The van der Waals surface area contributed by atoms with Crippen molar-refractivity contribution >= 4 is 23.6 Å². The van der Waals surface area contributed by atoms with Crippen LogP contribution < -0.4 is 10.1 Å². The molecule has 27 heavy (non-hydrogen) atoms. The van der Waals surface area contributed by atoms with Crippen LogP contribution in [0.15, 0.2) is 54.6 Å². The number of carbonyl (C=O) groups excluding carboxylic acids is 1. The van der Waals surface area contributed by atoms with Crippen LogP contribution in [0.2, 0.25) is 5.02 Å². The predicted octanol–water partition coefficient (Wildman–Crippen LogP) is 5.09. The van der Waals surface area contributed by atoms with Crippen molar-refractivity contribution in [2.45, 2.75) is 32.2 Å². The van der Waals surface area contributed by atoms with Gasteiger partial charge in [0.1, 0.15) is 11.8 Å². The quantitative estimate of drug-likeness (QED) is 0.647. The molecule has 0 aliphatic rings. The van der Waals surface area contributed by atoms with Gasteiger partial charge in [-0.15, -0.1) is 0 Å². The fourth-order valence-corrected chi connectivity index (χ4v) is 3.04. The Hall–Kier alpha value is -2.77. The molecule has 0 radical (unpaired) electrons. The van der Waals surface area contributed by atoms with Gasteiger partial charge in [0, 0.05) is 11.1 Å². The molecule has 0 fully saturated rings. The lowest BCUT2D eigenvalue weighted by atomic mass is 9.84. The van der Waals surface area contributed by atoms with Crippen molar-refractivity contribution in [1.82, 2.24) is 5.32 Å². The first-order chi connectivity index (χ1) is 13.0. The Balaban J connectivity index is 2.08. The number of nitrogens with zero attached hydrogens (tertiary/aromatic N) is 1. The van der Waals surface area contributed by atoms with Gasteiger partial charge in [0.15, 0.2) is 6.61 Å². The van der Waals surface area contributed by atoms with Crippen LogP contribution in [0.1, 0.15) is 37.8 Å². The van der Waals surface area contributed by atoms with Gasteiger partial charge in [-0.05, 0) is 54.3 Å². The zero-order valence-corrected chi connectivity index (χ0v) is 16.3. The molecule has 0 atom stereocenters.